The highest BCUT2D eigenvalue weighted by Crippen LogP contribution is 2.38. The van der Waals surface area contributed by atoms with Crippen molar-refractivity contribution in [1.82, 2.24) is 9.38 Å². The van der Waals surface area contributed by atoms with Crippen molar-refractivity contribution in [3.63, 3.8) is 0 Å². The molecule has 0 aliphatic heterocycles. The maximum absolute atomic E-state index is 4.98. The lowest BCUT2D eigenvalue weighted by Gasteiger charge is -2.16. The number of rotatable bonds is 2. The third kappa shape index (κ3) is 2.99. The Bertz CT molecular complexity index is 1710. The van der Waals surface area contributed by atoms with Crippen LogP contribution in [0.1, 0.15) is 27.8 Å². The molecule has 0 radical (unpaired) electrons. The first-order chi connectivity index (χ1) is 16.4. The average molecular weight is 441 g/mol. The minimum atomic E-state index is 1.01. The number of nitrogens with zero attached hydrogens (tertiary/aromatic N) is 2. The number of imidazole rings is 1. The molecule has 2 heteroatoms. The first-order valence-electron chi connectivity index (χ1n) is 11.9. The molecule has 2 heterocycles. The van der Waals surface area contributed by atoms with Crippen molar-refractivity contribution in [2.45, 2.75) is 34.6 Å². The van der Waals surface area contributed by atoms with Crippen molar-refractivity contribution in [2.24, 2.45) is 0 Å². The van der Waals surface area contributed by atoms with E-state index in [1.54, 1.807) is 0 Å². The molecule has 0 spiro atoms. The molecular weight excluding hydrogens is 412 g/mol. The van der Waals surface area contributed by atoms with Gasteiger partial charge < -0.3 is 0 Å². The summed E-state index contributed by atoms with van der Waals surface area (Å²) in [6.45, 7) is 11.0. The van der Waals surface area contributed by atoms with E-state index >= 15 is 0 Å². The van der Waals surface area contributed by atoms with Crippen molar-refractivity contribution in [3.8, 4) is 22.4 Å². The zero-order valence-corrected chi connectivity index (χ0v) is 20.4. The summed E-state index contributed by atoms with van der Waals surface area (Å²) < 4.78 is 2.35. The van der Waals surface area contributed by atoms with Crippen molar-refractivity contribution in [2.75, 3.05) is 0 Å². The molecule has 0 N–H and O–H groups in total. The Hall–Kier alpha value is -3.91. The second kappa shape index (κ2) is 7.56. The van der Waals surface area contributed by atoms with Crippen LogP contribution in [0.25, 0.3) is 49.7 Å². The number of benzene rings is 4. The predicted octanol–water partition coefficient (Wildman–Crippen LogP) is 8.52. The molecule has 0 aliphatic carbocycles. The first kappa shape index (κ1) is 20.7. The molecule has 0 saturated carbocycles. The average Bonchev–Trinajstić information content (AvgIpc) is 3.23. The molecule has 166 valence electrons. The smallest absolute Gasteiger partial charge is 0.145 e. The molecule has 0 saturated heterocycles. The van der Waals surface area contributed by atoms with Crippen LogP contribution in [0.5, 0.6) is 0 Å². The number of hydrogen-bond acceptors (Lipinski definition) is 1. The van der Waals surface area contributed by atoms with E-state index in [-0.39, 0.29) is 0 Å². The standard InChI is InChI=1S/C32H28N2/c1-19-15-22(4)31(23(5)16-19)29-18-33-32-26-14-13-24(30-20(2)9-8-10-21(30)3)17-27(26)25-11-6-7-12-28(25)34(29)32/h6-18H,1-5H3. The molecule has 0 unspecified atom stereocenters. The topological polar surface area (TPSA) is 17.3 Å². The van der Waals surface area contributed by atoms with Crippen LogP contribution in [0.3, 0.4) is 0 Å². The molecule has 34 heavy (non-hydrogen) atoms. The fraction of sp³-hybridized carbons (Fsp3) is 0.156. The summed E-state index contributed by atoms with van der Waals surface area (Å²) in [4.78, 5) is 4.98. The Kier molecular flexibility index (Phi) is 4.60. The zero-order chi connectivity index (χ0) is 23.6. The highest BCUT2D eigenvalue weighted by Gasteiger charge is 2.18. The maximum Gasteiger partial charge on any atom is 0.145 e. The van der Waals surface area contributed by atoms with Gasteiger partial charge in [-0.05, 0) is 91.6 Å². The van der Waals surface area contributed by atoms with E-state index in [4.69, 9.17) is 4.98 Å². The summed E-state index contributed by atoms with van der Waals surface area (Å²) in [5.74, 6) is 0. The van der Waals surface area contributed by atoms with E-state index in [2.05, 4.69) is 112 Å². The van der Waals surface area contributed by atoms with Crippen molar-refractivity contribution < 1.29 is 0 Å². The summed E-state index contributed by atoms with van der Waals surface area (Å²) in [6.07, 6.45) is 2.05. The third-order valence-corrected chi connectivity index (χ3v) is 7.16. The maximum atomic E-state index is 4.98. The highest BCUT2D eigenvalue weighted by atomic mass is 15.0. The second-order valence-electron chi connectivity index (χ2n) is 9.62. The monoisotopic (exact) mass is 440 g/mol. The molecule has 0 amide bonds. The zero-order valence-electron chi connectivity index (χ0n) is 20.4. The van der Waals surface area contributed by atoms with Crippen LogP contribution < -0.4 is 0 Å². The lowest BCUT2D eigenvalue weighted by molar-refractivity contribution is 1.24. The van der Waals surface area contributed by atoms with Gasteiger partial charge in [-0.1, -0.05) is 60.2 Å². The number of para-hydroxylation sites is 1. The molecule has 0 atom stereocenters. The summed E-state index contributed by atoms with van der Waals surface area (Å²) in [7, 11) is 0. The lowest BCUT2D eigenvalue weighted by Crippen LogP contribution is -1.97. The summed E-state index contributed by atoms with van der Waals surface area (Å²) >= 11 is 0. The van der Waals surface area contributed by atoms with Crippen LogP contribution in [0.2, 0.25) is 0 Å². The van der Waals surface area contributed by atoms with Crippen molar-refractivity contribution in [1.29, 1.82) is 0 Å². The summed E-state index contributed by atoms with van der Waals surface area (Å²) in [5, 5.41) is 3.68. The Labute approximate surface area is 200 Å². The van der Waals surface area contributed by atoms with Crippen LogP contribution in [-0.4, -0.2) is 9.38 Å². The Morgan fingerprint density at radius 1 is 0.588 bits per heavy atom. The van der Waals surface area contributed by atoms with E-state index in [9.17, 15) is 0 Å². The minimum absolute atomic E-state index is 1.01. The van der Waals surface area contributed by atoms with Crippen molar-refractivity contribution >= 4 is 27.3 Å². The lowest BCUT2D eigenvalue weighted by atomic mass is 9.93. The summed E-state index contributed by atoms with van der Waals surface area (Å²) in [6, 6.07) is 26.6. The van der Waals surface area contributed by atoms with Crippen LogP contribution >= 0.6 is 0 Å². The molecule has 0 fully saturated rings. The number of fused-ring (bicyclic) bond motifs is 6. The molecule has 6 aromatic rings. The van der Waals surface area contributed by atoms with Gasteiger partial charge in [0.25, 0.3) is 0 Å². The number of aryl methyl sites for hydroxylation is 5. The molecular formula is C32H28N2. The largest absolute Gasteiger partial charge is 0.292 e. The molecule has 0 aliphatic rings. The predicted molar refractivity (Wildman–Crippen MR) is 145 cm³/mol. The molecule has 2 aromatic heterocycles. The quantitative estimate of drug-likeness (QED) is 0.247. The fourth-order valence-corrected chi connectivity index (χ4v) is 5.83. The SMILES string of the molecule is Cc1cc(C)c(-c2cnc3c4ccc(-c5c(C)cccc5C)cc4c4ccccc4n23)c(C)c1. The van der Waals surface area contributed by atoms with Crippen LogP contribution in [0, 0.1) is 34.6 Å². The fourth-order valence-electron chi connectivity index (χ4n) is 5.83. The van der Waals surface area contributed by atoms with Gasteiger partial charge in [-0.25, -0.2) is 4.98 Å². The summed E-state index contributed by atoms with van der Waals surface area (Å²) in [5.41, 5.74) is 13.7. The van der Waals surface area contributed by atoms with Crippen LogP contribution in [0.15, 0.2) is 79.0 Å². The number of pyridine rings is 1. The molecule has 2 nitrogen and oxygen atoms in total. The van der Waals surface area contributed by atoms with E-state index in [1.165, 1.54) is 66.2 Å². The van der Waals surface area contributed by atoms with E-state index < -0.39 is 0 Å². The van der Waals surface area contributed by atoms with Gasteiger partial charge in [0, 0.05) is 16.3 Å². The van der Waals surface area contributed by atoms with Crippen LogP contribution in [0.4, 0.5) is 0 Å². The van der Waals surface area contributed by atoms with Gasteiger partial charge in [-0.15, -0.1) is 0 Å². The normalized spacial score (nSPS) is 11.7. The van der Waals surface area contributed by atoms with E-state index in [0.717, 1.165) is 11.3 Å². The Balaban J connectivity index is 1.73. The Morgan fingerprint density at radius 3 is 2.03 bits per heavy atom. The van der Waals surface area contributed by atoms with Gasteiger partial charge in [0.1, 0.15) is 5.65 Å². The van der Waals surface area contributed by atoms with Gasteiger partial charge in [0.15, 0.2) is 0 Å². The van der Waals surface area contributed by atoms with Crippen molar-refractivity contribution in [3.05, 3.63) is 107 Å². The number of hydrogen-bond donors (Lipinski definition) is 0. The highest BCUT2D eigenvalue weighted by molar-refractivity contribution is 6.13. The van der Waals surface area contributed by atoms with E-state index in [1.807, 2.05) is 6.20 Å². The second-order valence-corrected chi connectivity index (χ2v) is 9.62. The van der Waals surface area contributed by atoms with Gasteiger partial charge >= 0.3 is 0 Å². The van der Waals surface area contributed by atoms with Gasteiger partial charge in [-0.2, -0.15) is 0 Å². The number of aromatic nitrogens is 2. The van der Waals surface area contributed by atoms with Gasteiger partial charge in [-0.3, -0.25) is 4.40 Å². The van der Waals surface area contributed by atoms with Crippen LogP contribution in [-0.2, 0) is 0 Å². The minimum Gasteiger partial charge on any atom is -0.292 e. The Morgan fingerprint density at radius 2 is 1.29 bits per heavy atom. The molecule has 0 bridgehead atoms. The third-order valence-electron chi connectivity index (χ3n) is 7.16. The van der Waals surface area contributed by atoms with Gasteiger partial charge in [0.05, 0.1) is 17.4 Å². The van der Waals surface area contributed by atoms with E-state index in [0.29, 0.717) is 0 Å². The molecule has 4 aromatic carbocycles. The first-order valence-corrected chi connectivity index (χ1v) is 11.9. The molecule has 6 rings (SSSR count). The van der Waals surface area contributed by atoms with Gasteiger partial charge in [0.2, 0.25) is 0 Å².